The van der Waals surface area contributed by atoms with Gasteiger partial charge in [0.05, 0.1) is 6.10 Å². The van der Waals surface area contributed by atoms with Gasteiger partial charge in [0.2, 0.25) is 0 Å². The predicted molar refractivity (Wildman–Crippen MR) is 74.6 cm³/mol. The molecule has 0 heterocycles. The lowest BCUT2D eigenvalue weighted by molar-refractivity contribution is 0.0224. The Morgan fingerprint density at radius 1 is 1.44 bits per heavy atom. The molecule has 2 rings (SSSR count). The van der Waals surface area contributed by atoms with Crippen LogP contribution in [0.25, 0.3) is 0 Å². The van der Waals surface area contributed by atoms with E-state index in [1.807, 2.05) is 24.3 Å². The van der Waals surface area contributed by atoms with Crippen molar-refractivity contribution in [2.75, 3.05) is 20.1 Å². The van der Waals surface area contributed by atoms with Crippen molar-refractivity contribution in [3.05, 3.63) is 34.9 Å². The Bertz CT molecular complexity index is 393. The first-order chi connectivity index (χ1) is 8.61. The zero-order chi connectivity index (χ0) is 13.1. The molecule has 3 N–H and O–H groups in total. The van der Waals surface area contributed by atoms with Crippen molar-refractivity contribution < 1.29 is 5.11 Å². The normalized spacial score (nSPS) is 24.9. The molecular formula is C14H21ClN2O. The Morgan fingerprint density at radius 3 is 2.67 bits per heavy atom. The fraction of sp³-hybridized carbons (Fsp3) is 0.571. The molecule has 1 unspecified atom stereocenters. The van der Waals surface area contributed by atoms with Gasteiger partial charge in [-0.15, -0.1) is 0 Å². The Morgan fingerprint density at radius 2 is 2.11 bits per heavy atom. The maximum atomic E-state index is 9.32. The van der Waals surface area contributed by atoms with Crippen LogP contribution in [0.3, 0.4) is 0 Å². The van der Waals surface area contributed by atoms with Gasteiger partial charge in [-0.3, -0.25) is 4.90 Å². The van der Waals surface area contributed by atoms with Crippen molar-refractivity contribution in [3.63, 3.8) is 0 Å². The highest BCUT2D eigenvalue weighted by atomic mass is 35.5. The molecule has 1 atom stereocenters. The molecule has 0 saturated heterocycles. The third kappa shape index (κ3) is 3.04. The topological polar surface area (TPSA) is 49.5 Å². The summed E-state index contributed by atoms with van der Waals surface area (Å²) in [5.74, 6) is 0.585. The van der Waals surface area contributed by atoms with Gasteiger partial charge < -0.3 is 10.8 Å². The third-order valence-corrected chi connectivity index (χ3v) is 4.12. The molecule has 18 heavy (non-hydrogen) atoms. The van der Waals surface area contributed by atoms with E-state index in [1.165, 1.54) is 0 Å². The summed E-state index contributed by atoms with van der Waals surface area (Å²) in [4.78, 5) is 2.25. The minimum atomic E-state index is -0.0972. The molecule has 0 amide bonds. The maximum absolute atomic E-state index is 9.32. The number of benzene rings is 1. The first-order valence-corrected chi connectivity index (χ1v) is 6.82. The van der Waals surface area contributed by atoms with Crippen molar-refractivity contribution in [1.82, 2.24) is 4.90 Å². The molecule has 1 aromatic rings. The lowest BCUT2D eigenvalue weighted by atomic mass is 9.82. The van der Waals surface area contributed by atoms with Crippen LogP contribution in [0.15, 0.2) is 24.3 Å². The van der Waals surface area contributed by atoms with E-state index in [0.717, 1.165) is 30.0 Å². The molecule has 1 aliphatic carbocycles. The highest BCUT2D eigenvalue weighted by Gasteiger charge is 2.30. The minimum absolute atomic E-state index is 0.0972. The number of halogens is 1. The minimum Gasteiger partial charge on any atom is -0.393 e. The van der Waals surface area contributed by atoms with Crippen LogP contribution in [-0.2, 0) is 0 Å². The molecular weight excluding hydrogens is 248 g/mol. The van der Waals surface area contributed by atoms with Crippen LogP contribution in [0.1, 0.15) is 24.4 Å². The molecule has 100 valence electrons. The summed E-state index contributed by atoms with van der Waals surface area (Å²) >= 11 is 6.23. The Hall–Kier alpha value is -0.610. The lowest BCUT2D eigenvalue weighted by Gasteiger charge is -2.37. The van der Waals surface area contributed by atoms with Crippen molar-refractivity contribution >= 4 is 11.6 Å². The van der Waals surface area contributed by atoms with E-state index in [0.29, 0.717) is 12.5 Å². The van der Waals surface area contributed by atoms with E-state index in [4.69, 9.17) is 17.3 Å². The number of hydrogen-bond donors (Lipinski definition) is 2. The highest BCUT2D eigenvalue weighted by Crippen LogP contribution is 2.31. The third-order valence-electron chi connectivity index (χ3n) is 3.78. The van der Waals surface area contributed by atoms with Gasteiger partial charge in [0.25, 0.3) is 0 Å². The summed E-state index contributed by atoms with van der Waals surface area (Å²) in [6, 6.07) is 8.01. The molecule has 0 spiro atoms. The van der Waals surface area contributed by atoms with E-state index in [-0.39, 0.29) is 12.1 Å². The first-order valence-electron chi connectivity index (χ1n) is 6.44. The van der Waals surface area contributed by atoms with Crippen LogP contribution >= 0.6 is 11.6 Å². The monoisotopic (exact) mass is 268 g/mol. The number of hydrogen-bond acceptors (Lipinski definition) is 3. The van der Waals surface area contributed by atoms with Gasteiger partial charge in [-0.1, -0.05) is 29.8 Å². The van der Waals surface area contributed by atoms with Gasteiger partial charge in [-0.25, -0.2) is 0 Å². The van der Waals surface area contributed by atoms with E-state index >= 15 is 0 Å². The average Bonchev–Trinajstić information content (AvgIpc) is 2.30. The fourth-order valence-corrected chi connectivity index (χ4v) is 2.94. The number of aliphatic hydroxyl groups is 1. The fourth-order valence-electron chi connectivity index (χ4n) is 2.67. The van der Waals surface area contributed by atoms with Crippen molar-refractivity contribution in [2.45, 2.75) is 25.0 Å². The van der Waals surface area contributed by atoms with Crippen LogP contribution in [0.2, 0.25) is 5.02 Å². The Kier molecular flexibility index (Phi) is 4.62. The Balaban J connectivity index is 2.01. The Labute approximate surface area is 114 Å². The van der Waals surface area contributed by atoms with Gasteiger partial charge >= 0.3 is 0 Å². The van der Waals surface area contributed by atoms with E-state index in [1.54, 1.807) is 0 Å². The zero-order valence-corrected chi connectivity index (χ0v) is 11.5. The summed E-state index contributed by atoms with van der Waals surface area (Å²) in [7, 11) is 2.07. The van der Waals surface area contributed by atoms with Crippen molar-refractivity contribution in [3.8, 4) is 0 Å². The molecule has 0 aromatic heterocycles. The summed E-state index contributed by atoms with van der Waals surface area (Å²) in [6.45, 7) is 1.51. The molecule has 3 nitrogen and oxygen atoms in total. The second-order valence-electron chi connectivity index (χ2n) is 5.20. The van der Waals surface area contributed by atoms with E-state index < -0.39 is 0 Å². The quantitative estimate of drug-likeness (QED) is 0.859. The van der Waals surface area contributed by atoms with Crippen LogP contribution in [-0.4, -0.2) is 36.2 Å². The molecule has 1 saturated carbocycles. The van der Waals surface area contributed by atoms with Crippen LogP contribution < -0.4 is 5.73 Å². The molecule has 1 aromatic carbocycles. The molecule has 0 radical (unpaired) electrons. The highest BCUT2D eigenvalue weighted by molar-refractivity contribution is 6.31. The van der Waals surface area contributed by atoms with Crippen LogP contribution in [0.5, 0.6) is 0 Å². The van der Waals surface area contributed by atoms with Gasteiger partial charge in [0, 0.05) is 24.2 Å². The smallest absolute Gasteiger partial charge is 0.0546 e. The number of likely N-dealkylation sites (N-methyl/N-ethyl adjacent to an activating group) is 1. The predicted octanol–water partition coefficient (Wildman–Crippen LogP) is 2.04. The number of nitrogens with two attached hydrogens (primary N) is 1. The largest absolute Gasteiger partial charge is 0.393 e. The molecule has 1 aliphatic rings. The summed E-state index contributed by atoms with van der Waals surface area (Å²) in [5.41, 5.74) is 6.97. The van der Waals surface area contributed by atoms with Gasteiger partial charge in [-0.2, -0.15) is 0 Å². The van der Waals surface area contributed by atoms with E-state index in [2.05, 4.69) is 11.9 Å². The van der Waals surface area contributed by atoms with Gasteiger partial charge in [-0.05, 0) is 37.4 Å². The second kappa shape index (κ2) is 6.02. The zero-order valence-electron chi connectivity index (χ0n) is 10.7. The summed E-state index contributed by atoms with van der Waals surface area (Å²) in [5, 5.41) is 10.1. The maximum Gasteiger partial charge on any atom is 0.0546 e. The summed E-state index contributed by atoms with van der Waals surface area (Å²) in [6.07, 6.45) is 1.72. The number of rotatable bonds is 5. The molecule has 0 bridgehead atoms. The SMILES string of the molecule is CN(CC1CC(O)C1)C(CN)c1ccccc1Cl. The van der Waals surface area contributed by atoms with Gasteiger partial charge in [0.1, 0.15) is 0 Å². The second-order valence-corrected chi connectivity index (χ2v) is 5.61. The number of nitrogens with zero attached hydrogens (tertiary/aromatic N) is 1. The van der Waals surface area contributed by atoms with E-state index in [9.17, 15) is 5.11 Å². The van der Waals surface area contributed by atoms with Crippen molar-refractivity contribution in [2.24, 2.45) is 11.7 Å². The molecule has 4 heteroatoms. The standard InChI is InChI=1S/C14H21ClN2O/c1-17(9-10-6-11(18)7-10)14(8-16)12-4-2-3-5-13(12)15/h2-5,10-11,14,18H,6-9,16H2,1H3. The van der Waals surface area contributed by atoms with Crippen LogP contribution in [0, 0.1) is 5.92 Å². The molecule has 1 fully saturated rings. The van der Waals surface area contributed by atoms with Gasteiger partial charge in [0.15, 0.2) is 0 Å². The summed E-state index contributed by atoms with van der Waals surface area (Å²) < 4.78 is 0. The first kappa shape index (κ1) is 13.8. The lowest BCUT2D eigenvalue weighted by Crippen LogP contribution is -2.40. The van der Waals surface area contributed by atoms with Crippen LogP contribution in [0.4, 0.5) is 0 Å². The van der Waals surface area contributed by atoms with Crippen molar-refractivity contribution in [1.29, 1.82) is 0 Å². The molecule has 0 aliphatic heterocycles. The average molecular weight is 269 g/mol. The number of aliphatic hydroxyl groups excluding tert-OH is 1.